The van der Waals surface area contributed by atoms with E-state index in [1.165, 1.54) is 23.1 Å². The van der Waals surface area contributed by atoms with Crippen LogP contribution in [0, 0.1) is 0 Å². The lowest BCUT2D eigenvalue weighted by molar-refractivity contribution is 0.0375. The Hall–Kier alpha value is -1.35. The molecular weight excluding hydrogens is 294 g/mol. The van der Waals surface area contributed by atoms with Gasteiger partial charge in [0.05, 0.1) is 13.2 Å². The SMILES string of the molecule is Clc1ccc(-c2cccc(CCCN3CCOCC3)c2)cc1. The van der Waals surface area contributed by atoms with Crippen molar-refractivity contribution in [3.63, 3.8) is 0 Å². The molecule has 0 amide bonds. The minimum atomic E-state index is 0.783. The fourth-order valence-corrected chi connectivity index (χ4v) is 3.01. The van der Waals surface area contributed by atoms with E-state index in [1.807, 2.05) is 12.1 Å². The van der Waals surface area contributed by atoms with Crippen molar-refractivity contribution in [3.05, 3.63) is 59.1 Å². The Labute approximate surface area is 137 Å². The molecule has 0 saturated carbocycles. The van der Waals surface area contributed by atoms with Gasteiger partial charge in [0.2, 0.25) is 0 Å². The molecule has 0 atom stereocenters. The highest BCUT2D eigenvalue weighted by molar-refractivity contribution is 6.30. The number of ether oxygens (including phenoxy) is 1. The summed E-state index contributed by atoms with van der Waals surface area (Å²) in [5, 5.41) is 0.783. The fraction of sp³-hybridized carbons (Fsp3) is 0.368. The molecule has 3 rings (SSSR count). The molecule has 0 bridgehead atoms. The highest BCUT2D eigenvalue weighted by Gasteiger charge is 2.09. The van der Waals surface area contributed by atoms with Gasteiger partial charge in [-0.05, 0) is 48.2 Å². The first-order valence-electron chi connectivity index (χ1n) is 7.96. The zero-order valence-corrected chi connectivity index (χ0v) is 13.6. The van der Waals surface area contributed by atoms with E-state index in [-0.39, 0.29) is 0 Å². The summed E-state index contributed by atoms with van der Waals surface area (Å²) in [6.45, 7) is 5.07. The highest BCUT2D eigenvalue weighted by atomic mass is 35.5. The van der Waals surface area contributed by atoms with E-state index >= 15 is 0 Å². The van der Waals surface area contributed by atoms with Crippen LogP contribution < -0.4 is 0 Å². The molecule has 0 N–H and O–H groups in total. The zero-order valence-electron chi connectivity index (χ0n) is 12.8. The van der Waals surface area contributed by atoms with Crippen molar-refractivity contribution in [1.82, 2.24) is 4.90 Å². The molecule has 2 nitrogen and oxygen atoms in total. The molecule has 1 heterocycles. The molecule has 2 aromatic carbocycles. The lowest BCUT2D eigenvalue weighted by Crippen LogP contribution is -2.36. The first kappa shape index (κ1) is 15.5. The van der Waals surface area contributed by atoms with Crippen LogP contribution in [0.15, 0.2) is 48.5 Å². The number of aryl methyl sites for hydroxylation is 1. The van der Waals surface area contributed by atoms with Crippen molar-refractivity contribution >= 4 is 11.6 Å². The third kappa shape index (κ3) is 4.33. The Bertz CT molecular complexity index is 591. The monoisotopic (exact) mass is 315 g/mol. The molecule has 0 unspecified atom stereocenters. The van der Waals surface area contributed by atoms with Gasteiger partial charge in [-0.1, -0.05) is 48.0 Å². The maximum Gasteiger partial charge on any atom is 0.0594 e. The number of nitrogens with zero attached hydrogens (tertiary/aromatic N) is 1. The predicted octanol–water partition coefficient (Wildman–Crippen LogP) is 4.27. The van der Waals surface area contributed by atoms with Crippen LogP contribution in [0.3, 0.4) is 0 Å². The van der Waals surface area contributed by atoms with Gasteiger partial charge in [-0.15, -0.1) is 0 Å². The maximum atomic E-state index is 5.96. The van der Waals surface area contributed by atoms with Crippen molar-refractivity contribution in [2.75, 3.05) is 32.8 Å². The fourth-order valence-electron chi connectivity index (χ4n) is 2.88. The molecular formula is C19H22ClNO. The van der Waals surface area contributed by atoms with E-state index in [4.69, 9.17) is 16.3 Å². The molecule has 116 valence electrons. The number of hydrogen-bond donors (Lipinski definition) is 0. The molecule has 2 aromatic rings. The topological polar surface area (TPSA) is 12.5 Å². The van der Waals surface area contributed by atoms with Crippen LogP contribution >= 0.6 is 11.6 Å². The van der Waals surface area contributed by atoms with Crippen LogP contribution in [0.2, 0.25) is 5.02 Å². The van der Waals surface area contributed by atoms with Crippen molar-refractivity contribution in [2.24, 2.45) is 0 Å². The second-order valence-corrected chi connectivity index (χ2v) is 6.20. The van der Waals surface area contributed by atoms with Crippen LogP contribution in [0.5, 0.6) is 0 Å². The van der Waals surface area contributed by atoms with Gasteiger partial charge < -0.3 is 4.74 Å². The number of benzene rings is 2. The number of morpholine rings is 1. The Morgan fingerprint density at radius 3 is 2.50 bits per heavy atom. The van der Waals surface area contributed by atoms with Gasteiger partial charge in [0.15, 0.2) is 0 Å². The quantitative estimate of drug-likeness (QED) is 0.817. The Kier molecular flexibility index (Phi) is 5.49. The van der Waals surface area contributed by atoms with Gasteiger partial charge in [0.1, 0.15) is 0 Å². The average molecular weight is 316 g/mol. The summed E-state index contributed by atoms with van der Waals surface area (Å²) in [4.78, 5) is 2.49. The van der Waals surface area contributed by atoms with Crippen LogP contribution in [0.25, 0.3) is 11.1 Å². The Morgan fingerprint density at radius 2 is 1.73 bits per heavy atom. The van der Waals surface area contributed by atoms with Crippen LogP contribution in [-0.2, 0) is 11.2 Å². The maximum absolute atomic E-state index is 5.96. The molecule has 1 fully saturated rings. The molecule has 0 spiro atoms. The van der Waals surface area contributed by atoms with Crippen LogP contribution in [-0.4, -0.2) is 37.7 Å². The van der Waals surface area contributed by atoms with E-state index in [1.54, 1.807) is 0 Å². The predicted molar refractivity (Wildman–Crippen MR) is 92.5 cm³/mol. The van der Waals surface area contributed by atoms with E-state index in [9.17, 15) is 0 Å². The smallest absolute Gasteiger partial charge is 0.0594 e. The normalized spacial score (nSPS) is 15.9. The van der Waals surface area contributed by atoms with Crippen molar-refractivity contribution in [3.8, 4) is 11.1 Å². The van der Waals surface area contributed by atoms with Crippen LogP contribution in [0.1, 0.15) is 12.0 Å². The number of rotatable bonds is 5. The largest absolute Gasteiger partial charge is 0.379 e. The van der Waals surface area contributed by atoms with E-state index < -0.39 is 0 Å². The molecule has 1 saturated heterocycles. The lowest BCUT2D eigenvalue weighted by Gasteiger charge is -2.26. The van der Waals surface area contributed by atoms with E-state index in [0.29, 0.717) is 0 Å². The first-order chi connectivity index (χ1) is 10.8. The van der Waals surface area contributed by atoms with Crippen molar-refractivity contribution < 1.29 is 4.74 Å². The minimum Gasteiger partial charge on any atom is -0.379 e. The molecule has 1 aliphatic heterocycles. The highest BCUT2D eigenvalue weighted by Crippen LogP contribution is 2.23. The van der Waals surface area contributed by atoms with Crippen molar-refractivity contribution in [2.45, 2.75) is 12.8 Å². The summed E-state index contributed by atoms with van der Waals surface area (Å²) in [7, 11) is 0. The van der Waals surface area contributed by atoms with Gasteiger partial charge in [-0.25, -0.2) is 0 Å². The molecule has 3 heteroatoms. The summed E-state index contributed by atoms with van der Waals surface area (Å²) in [6.07, 6.45) is 2.32. The molecule has 1 aliphatic rings. The first-order valence-corrected chi connectivity index (χ1v) is 8.34. The standard InChI is InChI=1S/C19H22ClNO/c20-19-8-6-17(7-9-19)18-5-1-3-16(15-18)4-2-10-21-11-13-22-14-12-21/h1,3,5-9,15H,2,4,10-14H2. The van der Waals surface area contributed by atoms with Crippen molar-refractivity contribution in [1.29, 1.82) is 0 Å². The Morgan fingerprint density at radius 1 is 0.955 bits per heavy atom. The lowest BCUT2D eigenvalue weighted by atomic mass is 10.0. The van der Waals surface area contributed by atoms with Gasteiger partial charge in [0, 0.05) is 18.1 Å². The molecule has 0 aromatic heterocycles. The average Bonchev–Trinajstić information content (AvgIpc) is 2.57. The summed E-state index contributed by atoms with van der Waals surface area (Å²) >= 11 is 5.96. The third-order valence-corrected chi connectivity index (χ3v) is 4.40. The molecule has 22 heavy (non-hydrogen) atoms. The van der Waals surface area contributed by atoms with Gasteiger partial charge in [-0.2, -0.15) is 0 Å². The zero-order chi connectivity index (χ0) is 15.2. The number of hydrogen-bond acceptors (Lipinski definition) is 2. The van der Waals surface area contributed by atoms with Crippen LogP contribution in [0.4, 0.5) is 0 Å². The minimum absolute atomic E-state index is 0.783. The summed E-state index contributed by atoms with van der Waals surface area (Å²) in [6, 6.07) is 16.9. The Balaban J connectivity index is 1.57. The van der Waals surface area contributed by atoms with Gasteiger partial charge >= 0.3 is 0 Å². The van der Waals surface area contributed by atoms with E-state index in [2.05, 4.69) is 41.3 Å². The summed E-state index contributed by atoms with van der Waals surface area (Å²) in [5.74, 6) is 0. The second kappa shape index (κ2) is 7.77. The summed E-state index contributed by atoms with van der Waals surface area (Å²) in [5.41, 5.74) is 3.89. The summed E-state index contributed by atoms with van der Waals surface area (Å²) < 4.78 is 5.39. The molecule has 0 radical (unpaired) electrons. The number of halogens is 1. The van der Waals surface area contributed by atoms with Gasteiger partial charge in [0.25, 0.3) is 0 Å². The second-order valence-electron chi connectivity index (χ2n) is 5.76. The van der Waals surface area contributed by atoms with Gasteiger partial charge in [-0.3, -0.25) is 4.90 Å². The third-order valence-electron chi connectivity index (χ3n) is 4.15. The molecule has 0 aliphatic carbocycles. The van der Waals surface area contributed by atoms with E-state index in [0.717, 1.165) is 44.3 Å².